The second-order valence-corrected chi connectivity index (χ2v) is 7.79. The van der Waals surface area contributed by atoms with Crippen molar-refractivity contribution in [3.63, 3.8) is 0 Å². The van der Waals surface area contributed by atoms with E-state index in [1.54, 1.807) is 0 Å². The van der Waals surface area contributed by atoms with Crippen molar-refractivity contribution in [1.82, 2.24) is 4.90 Å². The minimum absolute atomic E-state index is 0.986. The molecule has 0 N–H and O–H groups in total. The van der Waals surface area contributed by atoms with E-state index in [0.717, 1.165) is 11.8 Å². The first-order valence-corrected chi connectivity index (χ1v) is 9.95. The summed E-state index contributed by atoms with van der Waals surface area (Å²) in [6.45, 7) is 10.7. The molecule has 0 amide bonds. The van der Waals surface area contributed by atoms with E-state index >= 15 is 0 Å². The monoisotopic (exact) mass is 315 g/mol. The van der Waals surface area contributed by atoms with Crippen LogP contribution < -0.4 is 0 Å². The Balaban J connectivity index is 1.59. The van der Waals surface area contributed by atoms with Gasteiger partial charge in [-0.1, -0.05) is 69.4 Å². The lowest BCUT2D eigenvalue weighted by atomic mass is 9.81. The second-order valence-electron chi connectivity index (χ2n) is 7.79. The molecule has 1 heteroatoms. The highest BCUT2D eigenvalue weighted by Crippen LogP contribution is 2.31. The molecule has 0 atom stereocenters. The number of hydrogen-bond acceptors (Lipinski definition) is 1. The predicted octanol–water partition coefficient (Wildman–Crippen LogP) is 5.86. The molecule has 1 aliphatic carbocycles. The van der Waals surface area contributed by atoms with Crippen molar-refractivity contribution in [3.8, 4) is 0 Å². The van der Waals surface area contributed by atoms with Crippen LogP contribution in [0.1, 0.15) is 69.9 Å². The Bertz CT molecular complexity index is 431. The molecule has 0 saturated heterocycles. The van der Waals surface area contributed by atoms with Gasteiger partial charge in [0.15, 0.2) is 0 Å². The number of nitrogens with zero attached hydrogens (tertiary/aromatic N) is 1. The number of rotatable bonds is 9. The van der Waals surface area contributed by atoms with Crippen molar-refractivity contribution in [1.29, 1.82) is 0 Å². The van der Waals surface area contributed by atoms with Crippen molar-refractivity contribution >= 4 is 0 Å². The Kier molecular flexibility index (Phi) is 8.16. The summed E-state index contributed by atoms with van der Waals surface area (Å²) in [6.07, 6.45) is 11.3. The third-order valence-electron chi connectivity index (χ3n) is 5.69. The van der Waals surface area contributed by atoms with Crippen LogP contribution in [-0.4, -0.2) is 24.5 Å². The zero-order chi connectivity index (χ0) is 16.5. The largest absolute Gasteiger partial charge is 0.304 e. The summed E-state index contributed by atoms with van der Waals surface area (Å²) >= 11 is 0. The average molecular weight is 316 g/mol. The summed E-state index contributed by atoms with van der Waals surface area (Å²) in [6, 6.07) is 8.98. The van der Waals surface area contributed by atoms with E-state index in [9.17, 15) is 0 Å². The van der Waals surface area contributed by atoms with Gasteiger partial charge in [0.25, 0.3) is 0 Å². The van der Waals surface area contributed by atoms with Crippen molar-refractivity contribution in [2.24, 2.45) is 11.8 Å². The van der Waals surface area contributed by atoms with E-state index in [2.05, 4.69) is 49.9 Å². The van der Waals surface area contributed by atoms with Crippen LogP contribution in [0.15, 0.2) is 24.3 Å². The van der Waals surface area contributed by atoms with Crippen LogP contribution in [0, 0.1) is 18.8 Å². The average Bonchev–Trinajstić information content (AvgIpc) is 2.55. The van der Waals surface area contributed by atoms with Gasteiger partial charge >= 0.3 is 0 Å². The van der Waals surface area contributed by atoms with E-state index < -0.39 is 0 Å². The zero-order valence-corrected chi connectivity index (χ0v) is 15.7. The molecule has 0 radical (unpaired) electrons. The Morgan fingerprint density at radius 2 is 1.78 bits per heavy atom. The molecule has 1 saturated carbocycles. The summed E-state index contributed by atoms with van der Waals surface area (Å²) in [4.78, 5) is 2.65. The fourth-order valence-electron chi connectivity index (χ4n) is 4.02. The molecule has 0 aromatic heterocycles. The van der Waals surface area contributed by atoms with Gasteiger partial charge in [-0.2, -0.15) is 0 Å². The van der Waals surface area contributed by atoms with E-state index in [0.29, 0.717) is 0 Å². The van der Waals surface area contributed by atoms with Crippen LogP contribution in [0.25, 0.3) is 0 Å². The highest BCUT2D eigenvalue weighted by atomic mass is 15.1. The highest BCUT2D eigenvalue weighted by Gasteiger charge is 2.17. The van der Waals surface area contributed by atoms with Crippen LogP contribution in [0.4, 0.5) is 0 Å². The lowest BCUT2D eigenvalue weighted by Crippen LogP contribution is -2.26. The summed E-state index contributed by atoms with van der Waals surface area (Å²) in [5.41, 5.74) is 2.88. The van der Waals surface area contributed by atoms with Crippen molar-refractivity contribution in [3.05, 3.63) is 35.4 Å². The molecule has 0 bridgehead atoms. The number of aryl methyl sites for hydroxylation is 2. The lowest BCUT2D eigenvalue weighted by molar-refractivity contribution is 0.239. The van der Waals surface area contributed by atoms with Crippen molar-refractivity contribution in [2.75, 3.05) is 19.6 Å². The van der Waals surface area contributed by atoms with Gasteiger partial charge in [0.1, 0.15) is 0 Å². The minimum atomic E-state index is 0.986. The summed E-state index contributed by atoms with van der Waals surface area (Å²) in [7, 11) is 0. The molecular weight excluding hydrogens is 278 g/mol. The van der Waals surface area contributed by atoms with Gasteiger partial charge in [-0.15, -0.1) is 0 Å². The topological polar surface area (TPSA) is 3.24 Å². The van der Waals surface area contributed by atoms with Gasteiger partial charge in [-0.05, 0) is 69.6 Å². The third kappa shape index (κ3) is 7.08. The van der Waals surface area contributed by atoms with Gasteiger partial charge in [0, 0.05) is 0 Å². The lowest BCUT2D eigenvalue weighted by Gasteiger charge is -2.27. The fourth-order valence-corrected chi connectivity index (χ4v) is 4.02. The van der Waals surface area contributed by atoms with Gasteiger partial charge in [-0.25, -0.2) is 0 Å². The fraction of sp³-hybridized carbons (Fsp3) is 0.727. The standard InChI is InChI=1S/C22H37N/c1-4-23(16-6-10-21-14-12-19(2)13-15-21)17-7-11-22-9-5-8-20(3)18-22/h5,8-9,18-19,21H,4,6-7,10-17H2,1-3H3. The number of hydrogen-bond donors (Lipinski definition) is 0. The smallest absolute Gasteiger partial charge is 0.00157 e. The van der Waals surface area contributed by atoms with Gasteiger partial charge in [0.05, 0.1) is 0 Å². The van der Waals surface area contributed by atoms with E-state index in [1.165, 1.54) is 82.1 Å². The highest BCUT2D eigenvalue weighted by molar-refractivity contribution is 5.22. The molecule has 1 fully saturated rings. The Morgan fingerprint density at radius 1 is 1.04 bits per heavy atom. The molecule has 2 rings (SSSR count). The summed E-state index contributed by atoms with van der Waals surface area (Å²) < 4.78 is 0. The molecule has 1 aromatic carbocycles. The molecule has 0 unspecified atom stereocenters. The number of benzene rings is 1. The van der Waals surface area contributed by atoms with Crippen LogP contribution >= 0.6 is 0 Å². The molecular formula is C22H37N. The maximum atomic E-state index is 2.65. The first-order chi connectivity index (χ1) is 11.2. The molecule has 1 aliphatic rings. The minimum Gasteiger partial charge on any atom is -0.304 e. The van der Waals surface area contributed by atoms with Crippen molar-refractivity contribution in [2.45, 2.75) is 72.1 Å². The zero-order valence-electron chi connectivity index (χ0n) is 15.7. The van der Waals surface area contributed by atoms with Gasteiger partial charge in [0.2, 0.25) is 0 Å². The molecule has 0 spiro atoms. The maximum absolute atomic E-state index is 2.65. The van der Waals surface area contributed by atoms with Gasteiger partial charge < -0.3 is 4.90 Å². The van der Waals surface area contributed by atoms with Crippen molar-refractivity contribution < 1.29 is 0 Å². The molecule has 0 heterocycles. The Hall–Kier alpha value is -0.820. The first kappa shape index (κ1) is 18.5. The normalized spacial score (nSPS) is 21.7. The molecule has 23 heavy (non-hydrogen) atoms. The SMILES string of the molecule is CCN(CCCc1cccc(C)c1)CCCC1CCC(C)CC1. The van der Waals surface area contributed by atoms with Crippen LogP contribution in [-0.2, 0) is 6.42 Å². The van der Waals surface area contributed by atoms with E-state index in [4.69, 9.17) is 0 Å². The third-order valence-corrected chi connectivity index (χ3v) is 5.69. The van der Waals surface area contributed by atoms with Crippen LogP contribution in [0.5, 0.6) is 0 Å². The van der Waals surface area contributed by atoms with E-state index in [1.807, 2.05) is 0 Å². The quantitative estimate of drug-likeness (QED) is 0.552. The molecule has 0 aliphatic heterocycles. The molecule has 130 valence electrons. The molecule has 1 nitrogen and oxygen atoms in total. The predicted molar refractivity (Wildman–Crippen MR) is 102 cm³/mol. The van der Waals surface area contributed by atoms with Gasteiger partial charge in [-0.3, -0.25) is 0 Å². The van der Waals surface area contributed by atoms with E-state index in [-0.39, 0.29) is 0 Å². The summed E-state index contributed by atoms with van der Waals surface area (Å²) in [5, 5.41) is 0. The first-order valence-electron chi connectivity index (χ1n) is 9.95. The Labute approximate surface area is 144 Å². The summed E-state index contributed by atoms with van der Waals surface area (Å²) in [5.74, 6) is 2.01. The van der Waals surface area contributed by atoms with Crippen LogP contribution in [0.3, 0.4) is 0 Å². The second kappa shape index (κ2) is 10.1. The van der Waals surface area contributed by atoms with Crippen LogP contribution in [0.2, 0.25) is 0 Å². The Morgan fingerprint density at radius 3 is 2.48 bits per heavy atom. The maximum Gasteiger partial charge on any atom is -0.00157 e. The molecule has 1 aromatic rings.